The first-order valence-corrected chi connectivity index (χ1v) is 7.04. The van der Waals surface area contributed by atoms with Crippen molar-refractivity contribution < 1.29 is 21.2 Å². The van der Waals surface area contributed by atoms with E-state index in [0.717, 1.165) is 0 Å². The molecule has 0 aromatic carbocycles. The summed E-state index contributed by atoms with van der Waals surface area (Å²) in [6.45, 7) is 0. The van der Waals surface area contributed by atoms with E-state index < -0.39 is 0 Å². The number of fused-ring (bicyclic) bond motifs is 2. The molecule has 0 spiro atoms. The molecule has 0 aromatic heterocycles. The molecule has 1 saturated carbocycles. The predicted octanol–water partition coefficient (Wildman–Crippen LogP) is -1.10. The molecule has 0 nitrogen and oxygen atoms in total. The number of halogens is 1. The molecule has 1 aliphatic carbocycles. The maximum atomic E-state index is 1.66. The Balaban J connectivity index is 1.96. The third-order valence-electron chi connectivity index (χ3n) is 2.55. The summed E-state index contributed by atoms with van der Waals surface area (Å²) in [6.07, 6.45) is 6.32. The molecule has 1 saturated heterocycles. The Kier molecular flexibility index (Phi) is 1.98. The second kappa shape index (κ2) is 2.77. The molecule has 2 fully saturated rings. The predicted molar refractivity (Wildman–Crippen MR) is 35.2 cm³/mol. The molecule has 0 N–H and O–H groups in total. The van der Waals surface area contributed by atoms with Crippen molar-refractivity contribution >= 4 is 0 Å². The van der Waals surface area contributed by atoms with E-state index in [1.54, 1.807) is 34.5 Å². The van der Waals surface area contributed by atoms with Gasteiger partial charge in [-0.25, -0.2) is 0 Å². The number of alkyl halides is 2. The molecule has 0 amide bonds. The monoisotopic (exact) mass is 237 g/mol. The molecular formula is C8H14I-. The third-order valence-corrected chi connectivity index (χ3v) is 6.28. The van der Waals surface area contributed by atoms with Gasteiger partial charge in [-0.1, -0.05) is 0 Å². The fourth-order valence-electron chi connectivity index (χ4n) is 2.05. The zero-order valence-corrected chi connectivity index (χ0v) is 7.93. The Labute approximate surface area is 67.7 Å². The van der Waals surface area contributed by atoms with Gasteiger partial charge in [0.15, 0.2) is 0 Å². The van der Waals surface area contributed by atoms with Gasteiger partial charge >= 0.3 is 67.6 Å². The average molecular weight is 237 g/mol. The van der Waals surface area contributed by atoms with Gasteiger partial charge in [0.05, 0.1) is 0 Å². The van der Waals surface area contributed by atoms with Gasteiger partial charge in [-0.15, -0.1) is 0 Å². The van der Waals surface area contributed by atoms with Crippen molar-refractivity contribution in [3.8, 4) is 0 Å². The molecule has 1 heteroatoms. The van der Waals surface area contributed by atoms with Crippen LogP contribution in [0.3, 0.4) is 0 Å². The third kappa shape index (κ3) is 1.41. The molecule has 2 atom stereocenters. The zero-order chi connectivity index (χ0) is 6.10. The number of rotatable bonds is 0. The van der Waals surface area contributed by atoms with Gasteiger partial charge < -0.3 is 0 Å². The Hall–Kier alpha value is 0.730. The molecule has 2 aliphatic rings. The summed E-state index contributed by atoms with van der Waals surface area (Å²) in [6, 6.07) is 0. The minimum absolute atomic E-state index is 0.679. The van der Waals surface area contributed by atoms with Crippen LogP contribution in [0.5, 0.6) is 0 Å². The van der Waals surface area contributed by atoms with E-state index >= 15 is 0 Å². The van der Waals surface area contributed by atoms with E-state index in [-0.39, 0.29) is 0 Å². The van der Waals surface area contributed by atoms with Crippen LogP contribution in [0.25, 0.3) is 0 Å². The van der Waals surface area contributed by atoms with Gasteiger partial charge in [0.1, 0.15) is 0 Å². The Bertz CT molecular complexity index is 80.7. The first-order chi connectivity index (χ1) is 4.45. The van der Waals surface area contributed by atoms with Gasteiger partial charge in [0.25, 0.3) is 0 Å². The Morgan fingerprint density at radius 1 is 1.00 bits per heavy atom. The molecule has 0 unspecified atom stereocenters. The quantitative estimate of drug-likeness (QED) is 0.370. The van der Waals surface area contributed by atoms with E-state index in [1.807, 2.05) is 0 Å². The van der Waals surface area contributed by atoms with Gasteiger partial charge in [-0.3, -0.25) is 0 Å². The second-order valence-corrected chi connectivity index (χ2v) is 6.24. The molecule has 54 valence electrons. The van der Waals surface area contributed by atoms with Crippen LogP contribution in [0.15, 0.2) is 0 Å². The molecule has 0 aromatic rings. The standard InChI is InChI=1S/C8H14I/c1-2-7-4-8(3-1)6-9-5-7/h7-8H,1-6H2/q-1/t7-,8+. The van der Waals surface area contributed by atoms with Crippen molar-refractivity contribution in [3.05, 3.63) is 0 Å². The van der Waals surface area contributed by atoms with Crippen LogP contribution in [-0.2, 0) is 0 Å². The van der Waals surface area contributed by atoms with E-state index in [9.17, 15) is 0 Å². The van der Waals surface area contributed by atoms with E-state index in [4.69, 9.17) is 0 Å². The molecule has 2 bridgehead atoms. The fraction of sp³-hybridized carbons (Fsp3) is 1.00. The van der Waals surface area contributed by atoms with Crippen LogP contribution in [0.4, 0.5) is 0 Å². The Morgan fingerprint density at radius 3 is 2.22 bits per heavy atom. The number of hydrogen-bond donors (Lipinski definition) is 0. The summed E-state index contributed by atoms with van der Waals surface area (Å²) in [5.41, 5.74) is 0. The first-order valence-electron chi connectivity index (χ1n) is 3.98. The van der Waals surface area contributed by atoms with Gasteiger partial charge in [-0.05, 0) is 0 Å². The Morgan fingerprint density at radius 2 is 1.67 bits per heavy atom. The van der Waals surface area contributed by atoms with Crippen molar-refractivity contribution in [2.75, 3.05) is 8.86 Å². The summed E-state index contributed by atoms with van der Waals surface area (Å²) in [5, 5.41) is 0. The summed E-state index contributed by atoms with van der Waals surface area (Å²) >= 11 is 0.679. The summed E-state index contributed by atoms with van der Waals surface area (Å²) < 4.78 is 3.32. The van der Waals surface area contributed by atoms with Crippen molar-refractivity contribution in [3.63, 3.8) is 0 Å². The maximum absolute atomic E-state index is 1.66. The molecule has 9 heavy (non-hydrogen) atoms. The molecular weight excluding hydrogens is 223 g/mol. The van der Waals surface area contributed by atoms with Crippen LogP contribution in [0.1, 0.15) is 25.7 Å². The fourth-order valence-corrected chi connectivity index (χ4v) is 5.78. The van der Waals surface area contributed by atoms with Crippen LogP contribution in [-0.4, -0.2) is 8.86 Å². The van der Waals surface area contributed by atoms with Crippen LogP contribution >= 0.6 is 0 Å². The van der Waals surface area contributed by atoms with E-state index in [0.29, 0.717) is 21.2 Å². The van der Waals surface area contributed by atoms with Gasteiger partial charge in [0, 0.05) is 0 Å². The van der Waals surface area contributed by atoms with Gasteiger partial charge in [0.2, 0.25) is 0 Å². The van der Waals surface area contributed by atoms with Crippen molar-refractivity contribution in [1.82, 2.24) is 0 Å². The van der Waals surface area contributed by atoms with E-state index in [2.05, 4.69) is 0 Å². The molecule has 0 radical (unpaired) electrons. The van der Waals surface area contributed by atoms with Crippen molar-refractivity contribution in [1.29, 1.82) is 0 Å². The SMILES string of the molecule is C1C[C@@H]2C[I-]C[C@H](C1)C2. The second-order valence-electron chi connectivity index (χ2n) is 3.40. The summed E-state index contributed by atoms with van der Waals surface area (Å²) in [5.74, 6) is 2.40. The molecule has 1 heterocycles. The average Bonchev–Trinajstić information content (AvgIpc) is 1.88. The van der Waals surface area contributed by atoms with Crippen LogP contribution in [0, 0.1) is 11.8 Å². The summed E-state index contributed by atoms with van der Waals surface area (Å²) in [7, 11) is 0. The molecule has 2 rings (SSSR count). The van der Waals surface area contributed by atoms with Crippen LogP contribution in [0.2, 0.25) is 0 Å². The van der Waals surface area contributed by atoms with Gasteiger partial charge in [-0.2, -0.15) is 0 Å². The first kappa shape index (κ1) is 6.44. The van der Waals surface area contributed by atoms with E-state index in [1.165, 1.54) is 11.8 Å². The zero-order valence-electron chi connectivity index (χ0n) is 5.78. The normalized spacial score (nSPS) is 43.6. The van der Waals surface area contributed by atoms with Crippen LogP contribution < -0.4 is 21.2 Å². The summed E-state index contributed by atoms with van der Waals surface area (Å²) in [4.78, 5) is 0. The minimum atomic E-state index is 0.679. The topological polar surface area (TPSA) is 0 Å². The van der Waals surface area contributed by atoms with Crippen molar-refractivity contribution in [2.45, 2.75) is 25.7 Å². The number of hydrogen-bond acceptors (Lipinski definition) is 0. The molecule has 1 aliphatic heterocycles. The van der Waals surface area contributed by atoms with Crippen molar-refractivity contribution in [2.24, 2.45) is 11.8 Å².